The highest BCUT2D eigenvalue weighted by Gasteiger charge is 2.64. The first-order valence-corrected chi connectivity index (χ1v) is 24.1. The highest BCUT2D eigenvalue weighted by atomic mass is 35.5. The number of β-amino-alcohol motifs (C(OH)–C–C–N with tert-alkyl or cyclic N) is 1. The van der Waals surface area contributed by atoms with Crippen LogP contribution in [0, 0.1) is 34.5 Å². The van der Waals surface area contributed by atoms with E-state index in [-0.39, 0.29) is 60.9 Å². The van der Waals surface area contributed by atoms with Crippen LogP contribution in [0.25, 0.3) is 10.4 Å². The molecule has 16 heteroatoms. The molecule has 1 aliphatic heterocycles. The third-order valence-corrected chi connectivity index (χ3v) is 14.1. The number of hydrogen-bond acceptors (Lipinski definition) is 11. The minimum absolute atomic E-state index is 0.00791. The van der Waals surface area contributed by atoms with Crippen molar-refractivity contribution < 1.29 is 33.8 Å². The molecule has 4 aromatic rings. The lowest BCUT2D eigenvalue weighted by atomic mass is 9.49. The largest absolute Gasteiger partial charge is 0.489 e. The maximum Gasteiger partial charge on any atom is 0.251 e. The summed E-state index contributed by atoms with van der Waals surface area (Å²) in [5.41, 5.74) is 5.12. The van der Waals surface area contributed by atoms with Crippen molar-refractivity contribution in [1.82, 2.24) is 25.8 Å². The minimum atomic E-state index is -0.945. The molecule has 67 heavy (non-hydrogen) atoms. The average molecular weight is 955 g/mol. The molecule has 6 rings (SSSR count). The van der Waals surface area contributed by atoms with Crippen LogP contribution in [0.1, 0.15) is 101 Å². The van der Waals surface area contributed by atoms with Crippen molar-refractivity contribution in [3.63, 3.8) is 0 Å². The molecule has 358 valence electrons. The normalized spacial score (nSPS) is 19.9. The number of ether oxygens (including phenoxy) is 2. The predicted octanol–water partition coefficient (Wildman–Crippen LogP) is 7.66. The van der Waals surface area contributed by atoms with E-state index in [0.29, 0.717) is 35.1 Å². The van der Waals surface area contributed by atoms with E-state index in [2.05, 4.69) is 60.0 Å². The van der Waals surface area contributed by atoms with E-state index in [9.17, 15) is 29.5 Å². The Morgan fingerprint density at radius 3 is 2.33 bits per heavy atom. The number of thiazole rings is 1. The summed E-state index contributed by atoms with van der Waals surface area (Å²) in [6.45, 7) is 16.9. The van der Waals surface area contributed by atoms with E-state index < -0.39 is 35.4 Å². The zero-order chi connectivity index (χ0) is 48.7. The summed E-state index contributed by atoms with van der Waals surface area (Å²) in [6, 6.07) is 20.4. The van der Waals surface area contributed by atoms with Crippen LogP contribution in [0.5, 0.6) is 5.75 Å². The lowest BCUT2D eigenvalue weighted by Crippen LogP contribution is -2.74. The van der Waals surface area contributed by atoms with Gasteiger partial charge in [0.05, 0.1) is 32.8 Å². The molecule has 0 unspecified atom stereocenters. The van der Waals surface area contributed by atoms with Gasteiger partial charge in [0.25, 0.3) is 5.91 Å². The number of aliphatic hydroxyl groups is 1. The third kappa shape index (κ3) is 12.3. The Kier molecular flexibility index (Phi) is 16.4. The number of amides is 4. The number of carbonyl (C=O) groups excluding carboxylic acids is 4. The van der Waals surface area contributed by atoms with Crippen molar-refractivity contribution in [3.05, 3.63) is 99.6 Å². The van der Waals surface area contributed by atoms with Crippen molar-refractivity contribution in [2.75, 3.05) is 31.6 Å². The molecule has 0 spiro atoms. The first kappa shape index (κ1) is 50.9. The van der Waals surface area contributed by atoms with Crippen molar-refractivity contribution in [2.45, 2.75) is 118 Å². The monoisotopic (exact) mass is 953 g/mol. The molecule has 14 nitrogen and oxygen atoms in total. The fraction of sp³-hybridized carbons (Fsp3) is 0.490. The molecule has 1 aromatic heterocycles. The highest BCUT2D eigenvalue weighted by Crippen LogP contribution is 2.55. The summed E-state index contributed by atoms with van der Waals surface area (Å²) in [5, 5.41) is 32.5. The van der Waals surface area contributed by atoms with Crippen LogP contribution >= 0.6 is 22.9 Å². The van der Waals surface area contributed by atoms with E-state index in [1.807, 2.05) is 69.6 Å². The number of unbranched alkanes of at least 4 members (excludes halogenated alkanes) is 2. The maximum atomic E-state index is 14.0. The summed E-state index contributed by atoms with van der Waals surface area (Å²) >= 11 is 7.81. The number of anilines is 1. The molecule has 0 radical (unpaired) electrons. The van der Waals surface area contributed by atoms with E-state index in [1.54, 1.807) is 41.7 Å². The van der Waals surface area contributed by atoms with Gasteiger partial charge in [-0.1, -0.05) is 84.3 Å². The molecule has 3 aromatic carbocycles. The van der Waals surface area contributed by atoms with Gasteiger partial charge < -0.3 is 40.7 Å². The highest BCUT2D eigenvalue weighted by molar-refractivity contribution is 7.13. The van der Waals surface area contributed by atoms with Gasteiger partial charge in [-0.05, 0) is 79.1 Å². The summed E-state index contributed by atoms with van der Waals surface area (Å²) in [7, 11) is 0. The van der Waals surface area contributed by atoms with Crippen molar-refractivity contribution in [2.24, 2.45) is 16.2 Å². The number of hydrogen-bond donors (Lipinski definition) is 5. The second kappa shape index (κ2) is 21.6. The van der Waals surface area contributed by atoms with Crippen LogP contribution in [0.2, 0.25) is 5.02 Å². The van der Waals surface area contributed by atoms with Gasteiger partial charge in [-0.25, -0.2) is 4.98 Å². The number of halogens is 1. The van der Waals surface area contributed by atoms with Gasteiger partial charge in [0.1, 0.15) is 36.6 Å². The molecule has 3 atom stereocenters. The number of aryl methyl sites for hydroxylation is 1. The molecule has 2 heterocycles. The lowest BCUT2D eigenvalue weighted by Gasteiger charge is -2.63. The molecular weight excluding hydrogens is 890 g/mol. The summed E-state index contributed by atoms with van der Waals surface area (Å²) < 4.78 is 12.0. The maximum absolute atomic E-state index is 14.0. The molecule has 1 saturated heterocycles. The quantitative estimate of drug-likeness (QED) is 0.0583. The Hall–Kier alpha value is -5.53. The molecule has 1 aliphatic carbocycles. The molecular formula is C51H64ClN7O7S. The third-order valence-electron chi connectivity index (χ3n) is 12.8. The van der Waals surface area contributed by atoms with Crippen molar-refractivity contribution >= 4 is 52.3 Å². The van der Waals surface area contributed by atoms with Crippen LogP contribution in [0.3, 0.4) is 0 Å². The lowest BCUT2D eigenvalue weighted by molar-refractivity contribution is -0.164. The first-order chi connectivity index (χ1) is 31.7. The first-order valence-electron chi connectivity index (χ1n) is 22.8. The molecule has 1 saturated carbocycles. The van der Waals surface area contributed by atoms with Crippen LogP contribution in [-0.4, -0.2) is 95.3 Å². The number of nitrogens with one attached hydrogen (secondary N) is 4. The molecule has 0 bridgehead atoms. The number of benzene rings is 3. The van der Waals surface area contributed by atoms with Crippen molar-refractivity contribution in [3.8, 4) is 22.3 Å². The number of carbonyl (C=O) groups is 4. The second-order valence-corrected chi connectivity index (χ2v) is 21.1. The van der Waals surface area contributed by atoms with Crippen LogP contribution < -0.4 is 26.0 Å². The summed E-state index contributed by atoms with van der Waals surface area (Å²) in [6.07, 6.45) is 1.48. The fourth-order valence-corrected chi connectivity index (χ4v) is 10.5. The van der Waals surface area contributed by atoms with E-state index in [4.69, 9.17) is 21.1 Å². The molecule has 2 fully saturated rings. The van der Waals surface area contributed by atoms with Gasteiger partial charge in [0.2, 0.25) is 17.7 Å². The van der Waals surface area contributed by atoms with Crippen molar-refractivity contribution in [1.29, 1.82) is 5.26 Å². The Morgan fingerprint density at radius 2 is 1.70 bits per heavy atom. The Bertz CT molecular complexity index is 2410. The number of aliphatic hydroxyl groups excluding tert-OH is 1. The standard InChI is InChI=1S/C51H64ClN7O7S/c1-31-42(67-30-56-31)33-14-12-32(13-15-33)27-55-45(63)40-24-37(60)28-59(40)46(64)43(49(2,3)4)57-41(61)29-65-23-11-9-10-22-54-36-19-16-34(17-20-36)44(62)58-47-50(5,6)48(51(47,7)8)66-38-21-18-35(26-53)39(52)25-38/h12-21,25,30,37,40,43,47-48,54,60H,9-11,22-24,27-29H2,1-8H3,(H,55,63)(H,57,61)(H,58,62)/t37-,40+,43-,47-,48-/m1/s1. The number of aromatic nitrogens is 1. The molecule has 2 aliphatic rings. The molecule has 4 amide bonds. The van der Waals surface area contributed by atoms with E-state index >= 15 is 0 Å². The van der Waals surface area contributed by atoms with Gasteiger partial charge in [0, 0.05) is 66.9 Å². The topological polar surface area (TPSA) is 195 Å². The minimum Gasteiger partial charge on any atom is -0.489 e. The zero-order valence-corrected chi connectivity index (χ0v) is 41.3. The Labute approximate surface area is 403 Å². The summed E-state index contributed by atoms with van der Waals surface area (Å²) in [5.74, 6) is -0.814. The van der Waals surface area contributed by atoms with Gasteiger partial charge in [0.15, 0.2) is 0 Å². The van der Waals surface area contributed by atoms with E-state index in [1.165, 1.54) is 4.90 Å². The number of nitriles is 1. The average Bonchev–Trinajstić information content (AvgIpc) is 3.91. The number of nitrogens with zero attached hydrogens (tertiary/aromatic N) is 3. The van der Waals surface area contributed by atoms with Gasteiger partial charge in [-0.3, -0.25) is 19.2 Å². The smallest absolute Gasteiger partial charge is 0.251 e. The Morgan fingerprint density at radius 1 is 1.00 bits per heavy atom. The van der Waals surface area contributed by atoms with Gasteiger partial charge in [-0.2, -0.15) is 5.26 Å². The molecule has 5 N–H and O–H groups in total. The van der Waals surface area contributed by atoms with Crippen LogP contribution in [-0.2, 0) is 25.7 Å². The van der Waals surface area contributed by atoms with E-state index in [0.717, 1.165) is 46.6 Å². The second-order valence-electron chi connectivity index (χ2n) is 19.9. The van der Waals surface area contributed by atoms with Crippen LogP contribution in [0.15, 0.2) is 72.2 Å². The SMILES string of the molecule is Cc1ncsc1-c1ccc(CNC(=O)[C@@H]2C[C@@H](O)CN2C(=O)[C@@H](NC(=O)COCCCCCNc2ccc(C(=O)N[C@H]3C(C)(C)[C@H](Oc4ccc(C#N)c(Cl)c4)C3(C)C)cc2)C(C)(C)C)cc1. The predicted molar refractivity (Wildman–Crippen MR) is 261 cm³/mol. The number of rotatable bonds is 19. The summed E-state index contributed by atoms with van der Waals surface area (Å²) in [4.78, 5) is 60.6. The fourth-order valence-electron chi connectivity index (χ4n) is 9.44. The van der Waals surface area contributed by atoms with Gasteiger partial charge in [-0.15, -0.1) is 11.3 Å². The van der Waals surface area contributed by atoms with Crippen LogP contribution in [0.4, 0.5) is 5.69 Å². The number of likely N-dealkylation sites (tertiary alicyclic amines) is 1. The van der Waals surface area contributed by atoms with Gasteiger partial charge >= 0.3 is 0 Å². The Balaban J connectivity index is 0.878. The zero-order valence-electron chi connectivity index (χ0n) is 39.7.